The molecule has 5 N–H and O–H groups in total. The van der Waals surface area contributed by atoms with Crippen LogP contribution in [0.4, 0.5) is 15.9 Å². The van der Waals surface area contributed by atoms with Crippen LogP contribution >= 0.6 is 11.3 Å². The van der Waals surface area contributed by atoms with Gasteiger partial charge in [-0.2, -0.15) is 0 Å². The van der Waals surface area contributed by atoms with E-state index in [1.165, 1.54) is 17.4 Å². The number of pyridine rings is 1. The zero-order valence-corrected chi connectivity index (χ0v) is 21.0. The van der Waals surface area contributed by atoms with Crippen LogP contribution in [0.5, 0.6) is 0 Å². The number of nitrogens with one attached hydrogen (secondary N) is 1. The van der Waals surface area contributed by atoms with Crippen LogP contribution < -0.4 is 21.7 Å². The Morgan fingerprint density at radius 1 is 1.28 bits per heavy atom. The van der Waals surface area contributed by atoms with Gasteiger partial charge in [-0.25, -0.2) is 19.3 Å². The molecule has 0 radical (unpaired) electrons. The number of fused-ring (bicyclic) bond motifs is 2. The Labute approximate surface area is 211 Å². The van der Waals surface area contributed by atoms with Gasteiger partial charge in [0.2, 0.25) is 5.79 Å². The summed E-state index contributed by atoms with van der Waals surface area (Å²) < 4.78 is 26.8. The van der Waals surface area contributed by atoms with Crippen molar-refractivity contribution in [3.05, 3.63) is 39.5 Å². The molecule has 1 aliphatic carbocycles. The predicted molar refractivity (Wildman–Crippen MR) is 134 cm³/mol. The van der Waals surface area contributed by atoms with Gasteiger partial charge < -0.3 is 31.2 Å². The summed E-state index contributed by atoms with van der Waals surface area (Å²) in [7, 11) is 0. The van der Waals surface area contributed by atoms with Gasteiger partial charge in [0.1, 0.15) is 27.2 Å². The Bertz CT molecular complexity index is 1370. The molecular formula is C24H28FN7O3S. The summed E-state index contributed by atoms with van der Waals surface area (Å²) in [6, 6.07) is 0.882. The van der Waals surface area contributed by atoms with E-state index >= 15 is 4.39 Å². The third-order valence-electron chi connectivity index (χ3n) is 7.24. The molecule has 1 amide bonds. The minimum Gasteiger partial charge on any atom is -0.397 e. The number of hydrogen-bond acceptors (Lipinski definition) is 10. The number of carbonyl (C=O) groups is 1. The Morgan fingerprint density at radius 2 is 2.06 bits per heavy atom. The van der Waals surface area contributed by atoms with Gasteiger partial charge in [0.15, 0.2) is 0 Å². The molecule has 0 saturated carbocycles. The predicted octanol–water partition coefficient (Wildman–Crippen LogP) is 1.60. The number of hydrogen-bond donors (Lipinski definition) is 3. The van der Waals surface area contributed by atoms with Crippen LogP contribution in [0.3, 0.4) is 0 Å². The number of thiophene rings is 1. The van der Waals surface area contributed by atoms with Crippen LogP contribution in [0.2, 0.25) is 0 Å². The largest absolute Gasteiger partial charge is 0.397 e. The Morgan fingerprint density at radius 3 is 2.83 bits per heavy atom. The molecule has 190 valence electrons. The molecule has 2 unspecified atom stereocenters. The Balaban J connectivity index is 1.19. The molecule has 36 heavy (non-hydrogen) atoms. The van der Waals surface area contributed by atoms with Crippen molar-refractivity contribution in [3.63, 3.8) is 0 Å². The van der Waals surface area contributed by atoms with E-state index in [2.05, 4.69) is 15.3 Å². The molecule has 5 heterocycles. The second-order valence-electron chi connectivity index (χ2n) is 9.68. The number of aryl methyl sites for hydroxylation is 3. The number of ether oxygens (including phenoxy) is 2. The van der Waals surface area contributed by atoms with Gasteiger partial charge in [0, 0.05) is 29.9 Å². The summed E-state index contributed by atoms with van der Waals surface area (Å²) in [5.74, 6) is -0.294. The van der Waals surface area contributed by atoms with E-state index < -0.39 is 5.79 Å². The van der Waals surface area contributed by atoms with E-state index in [0.717, 1.165) is 5.69 Å². The lowest BCUT2D eigenvalue weighted by atomic mass is 9.91. The van der Waals surface area contributed by atoms with Crippen molar-refractivity contribution in [3.8, 4) is 0 Å². The maximum absolute atomic E-state index is 15.3. The van der Waals surface area contributed by atoms with Crippen molar-refractivity contribution in [2.45, 2.75) is 51.0 Å². The number of nitrogens with zero attached hydrogens (tertiary/aromatic N) is 4. The quantitative estimate of drug-likeness (QED) is 0.476. The average Bonchev–Trinajstić information content (AvgIpc) is 3.52. The van der Waals surface area contributed by atoms with Crippen molar-refractivity contribution < 1.29 is 18.7 Å². The van der Waals surface area contributed by atoms with Gasteiger partial charge in [-0.1, -0.05) is 0 Å². The second-order valence-corrected chi connectivity index (χ2v) is 10.7. The highest BCUT2D eigenvalue weighted by molar-refractivity contribution is 7.21. The standard InChI is InChI=1S/C24H28FN7O3S/c1-11-19-20(27)21(36-23(19)29-12(2)28-11)22(33)30-13-3-4-16-14(7-13)15(25)8-18(31-16)32-9-17(26)24(10-32)34-5-6-35-24/h8,13,17H,3-7,9-10,26-27H2,1-2H3,(H,30,33). The summed E-state index contributed by atoms with van der Waals surface area (Å²) in [5.41, 5.74) is 14.9. The SMILES string of the molecule is Cc1nc(C)c2c(N)c(C(=O)NC3CCc4nc(N5CC(N)C6(C5)OCCO6)cc(F)c4C3)sc2n1. The molecule has 3 aromatic heterocycles. The first-order valence-corrected chi connectivity index (χ1v) is 12.9. The lowest BCUT2D eigenvalue weighted by molar-refractivity contribution is -0.147. The number of nitrogen functional groups attached to an aromatic ring is 1. The van der Waals surface area contributed by atoms with Gasteiger partial charge in [0.05, 0.1) is 42.6 Å². The lowest BCUT2D eigenvalue weighted by Gasteiger charge is -2.27. The number of nitrogens with two attached hydrogens (primary N) is 2. The Kier molecular flexibility index (Phi) is 5.59. The minimum absolute atomic E-state index is 0.227. The van der Waals surface area contributed by atoms with Crippen LogP contribution in [0.1, 0.15) is 38.9 Å². The molecule has 0 bridgehead atoms. The summed E-state index contributed by atoms with van der Waals surface area (Å²) in [5, 5.41) is 3.75. The topological polar surface area (TPSA) is 142 Å². The summed E-state index contributed by atoms with van der Waals surface area (Å²) in [6.07, 6.45) is 1.56. The van der Waals surface area contributed by atoms with Gasteiger partial charge >= 0.3 is 0 Å². The maximum Gasteiger partial charge on any atom is 0.263 e. The van der Waals surface area contributed by atoms with E-state index in [0.29, 0.717) is 89.2 Å². The zero-order chi connectivity index (χ0) is 25.2. The molecule has 1 spiro atoms. The molecule has 0 aromatic carbocycles. The van der Waals surface area contributed by atoms with Crippen LogP contribution in [0, 0.1) is 19.7 Å². The molecular weight excluding hydrogens is 485 g/mol. The fraction of sp³-hybridized carbons (Fsp3) is 0.500. The molecule has 10 nitrogen and oxygen atoms in total. The first-order valence-electron chi connectivity index (χ1n) is 12.0. The molecule has 3 aliphatic rings. The number of carbonyl (C=O) groups excluding carboxylic acids is 1. The van der Waals surface area contributed by atoms with Crippen molar-refractivity contribution in [1.29, 1.82) is 0 Å². The van der Waals surface area contributed by atoms with Crippen molar-refractivity contribution in [2.75, 3.05) is 36.9 Å². The molecule has 12 heteroatoms. The molecule has 2 fully saturated rings. The number of rotatable bonds is 3. The van der Waals surface area contributed by atoms with E-state index in [-0.39, 0.29) is 23.8 Å². The lowest BCUT2D eigenvalue weighted by Crippen LogP contribution is -2.47. The summed E-state index contributed by atoms with van der Waals surface area (Å²) >= 11 is 1.25. The maximum atomic E-state index is 15.3. The average molecular weight is 514 g/mol. The zero-order valence-electron chi connectivity index (χ0n) is 20.1. The van der Waals surface area contributed by atoms with Gasteiger partial charge in [-0.15, -0.1) is 11.3 Å². The van der Waals surface area contributed by atoms with Crippen LogP contribution in [0.15, 0.2) is 6.07 Å². The number of aromatic nitrogens is 3. The third kappa shape index (κ3) is 3.79. The fourth-order valence-corrected chi connectivity index (χ4v) is 6.56. The minimum atomic E-state index is -0.847. The van der Waals surface area contributed by atoms with Gasteiger partial charge in [-0.05, 0) is 33.1 Å². The van der Waals surface area contributed by atoms with Crippen molar-refractivity contribution in [1.82, 2.24) is 20.3 Å². The van der Waals surface area contributed by atoms with Crippen molar-refractivity contribution >= 4 is 39.0 Å². The number of halogens is 1. The highest BCUT2D eigenvalue weighted by Crippen LogP contribution is 2.36. The highest BCUT2D eigenvalue weighted by atomic mass is 32.1. The highest BCUT2D eigenvalue weighted by Gasteiger charge is 2.50. The number of anilines is 2. The van der Waals surface area contributed by atoms with E-state index in [9.17, 15) is 4.79 Å². The molecule has 6 rings (SSSR count). The van der Waals surface area contributed by atoms with Gasteiger partial charge in [0.25, 0.3) is 5.91 Å². The van der Waals surface area contributed by atoms with Crippen LogP contribution in [0.25, 0.3) is 10.2 Å². The van der Waals surface area contributed by atoms with Crippen LogP contribution in [-0.2, 0) is 22.3 Å². The van der Waals surface area contributed by atoms with E-state index in [4.69, 9.17) is 25.9 Å². The number of amides is 1. The van der Waals surface area contributed by atoms with Gasteiger partial charge in [-0.3, -0.25) is 4.79 Å². The summed E-state index contributed by atoms with van der Waals surface area (Å²) in [6.45, 7) is 5.55. The third-order valence-corrected chi connectivity index (χ3v) is 8.34. The first kappa shape index (κ1) is 23.5. The molecule has 2 aliphatic heterocycles. The van der Waals surface area contributed by atoms with E-state index in [1.807, 2.05) is 18.7 Å². The van der Waals surface area contributed by atoms with E-state index in [1.54, 1.807) is 0 Å². The monoisotopic (exact) mass is 513 g/mol. The van der Waals surface area contributed by atoms with Crippen LogP contribution in [-0.4, -0.2) is 65.0 Å². The van der Waals surface area contributed by atoms with Crippen molar-refractivity contribution in [2.24, 2.45) is 5.73 Å². The Hall–Kier alpha value is -2.93. The fourth-order valence-electron chi connectivity index (χ4n) is 5.47. The first-order chi connectivity index (χ1) is 17.2. The second kappa shape index (κ2) is 8.58. The normalized spacial score (nSPS) is 22.9. The smallest absolute Gasteiger partial charge is 0.263 e. The molecule has 2 saturated heterocycles. The molecule has 2 atom stereocenters. The summed E-state index contributed by atoms with van der Waals surface area (Å²) in [4.78, 5) is 29.6. The molecule has 3 aromatic rings.